The third-order valence-electron chi connectivity index (χ3n) is 4.51. The number of ether oxygens (including phenoxy) is 2. The zero-order chi connectivity index (χ0) is 25.8. The van der Waals surface area contributed by atoms with Gasteiger partial charge < -0.3 is 20.1 Å². The van der Waals surface area contributed by atoms with Crippen molar-refractivity contribution in [3.63, 3.8) is 0 Å². The molecule has 11 heteroatoms. The van der Waals surface area contributed by atoms with Crippen molar-refractivity contribution < 1.29 is 41.8 Å². The lowest BCUT2D eigenvalue weighted by molar-refractivity contribution is -0.147. The molecule has 0 fully saturated rings. The molecule has 0 aromatic heterocycles. The van der Waals surface area contributed by atoms with Gasteiger partial charge in [0.15, 0.2) is 6.61 Å². The molecular formula is C24H25F3N2O6. The summed E-state index contributed by atoms with van der Waals surface area (Å²) in [6.07, 6.45) is -3.52. The molecule has 0 bridgehead atoms. The molecule has 2 aromatic carbocycles. The lowest BCUT2D eigenvalue weighted by atomic mass is 10.2. The highest BCUT2D eigenvalue weighted by molar-refractivity contribution is 5.96. The molecule has 35 heavy (non-hydrogen) atoms. The molecule has 0 saturated heterocycles. The standard InChI is InChI=1S/C24H25F3N2O6/c1-2-3-12-34-23(33)16-6-4-8-18(13-16)28-20(30)10-11-22(32)35-15-21(31)29-19-9-5-7-17(14-19)24(25,26)27/h4-9,13-14H,2-3,10-12,15H2,1H3,(H,28,30)(H,29,31). The van der Waals surface area contributed by atoms with Gasteiger partial charge in [0.25, 0.3) is 5.91 Å². The lowest BCUT2D eigenvalue weighted by Gasteiger charge is -2.10. The quantitative estimate of drug-likeness (QED) is 0.350. The largest absolute Gasteiger partial charge is 0.462 e. The Kier molecular flexibility index (Phi) is 10.2. The van der Waals surface area contributed by atoms with Gasteiger partial charge in [-0.1, -0.05) is 25.5 Å². The first-order valence-corrected chi connectivity index (χ1v) is 10.8. The third-order valence-corrected chi connectivity index (χ3v) is 4.51. The van der Waals surface area contributed by atoms with Gasteiger partial charge >= 0.3 is 18.1 Å². The highest BCUT2D eigenvalue weighted by Crippen LogP contribution is 2.30. The summed E-state index contributed by atoms with van der Waals surface area (Å²) in [5.41, 5.74) is -0.423. The molecule has 0 radical (unpaired) electrons. The number of alkyl halides is 3. The van der Waals surface area contributed by atoms with Crippen molar-refractivity contribution >= 4 is 35.1 Å². The van der Waals surface area contributed by atoms with Crippen LogP contribution < -0.4 is 10.6 Å². The van der Waals surface area contributed by atoms with E-state index in [1.807, 2.05) is 6.92 Å². The summed E-state index contributed by atoms with van der Waals surface area (Å²) >= 11 is 0. The number of hydrogen-bond donors (Lipinski definition) is 2. The molecule has 0 aliphatic rings. The van der Waals surface area contributed by atoms with Crippen LogP contribution in [0.15, 0.2) is 48.5 Å². The van der Waals surface area contributed by atoms with Crippen molar-refractivity contribution in [1.29, 1.82) is 0 Å². The Morgan fingerprint density at radius 1 is 0.857 bits per heavy atom. The number of rotatable bonds is 11. The van der Waals surface area contributed by atoms with Crippen LogP contribution in [0.1, 0.15) is 48.5 Å². The van der Waals surface area contributed by atoms with E-state index in [-0.39, 0.29) is 24.1 Å². The van der Waals surface area contributed by atoms with Crippen LogP contribution in [-0.2, 0) is 30.0 Å². The van der Waals surface area contributed by atoms with Gasteiger partial charge in [-0.2, -0.15) is 13.2 Å². The second kappa shape index (κ2) is 13.1. The van der Waals surface area contributed by atoms with Crippen LogP contribution in [0.5, 0.6) is 0 Å². The highest BCUT2D eigenvalue weighted by atomic mass is 19.4. The summed E-state index contributed by atoms with van der Waals surface area (Å²) < 4.78 is 48.0. The Hall–Kier alpha value is -3.89. The van der Waals surface area contributed by atoms with Crippen LogP contribution in [0.25, 0.3) is 0 Å². The number of halogens is 3. The molecule has 0 aliphatic heterocycles. The number of hydrogen-bond acceptors (Lipinski definition) is 6. The van der Waals surface area contributed by atoms with E-state index < -0.39 is 42.1 Å². The Morgan fingerprint density at radius 2 is 1.51 bits per heavy atom. The van der Waals surface area contributed by atoms with E-state index in [0.29, 0.717) is 12.3 Å². The first kappa shape index (κ1) is 27.4. The van der Waals surface area contributed by atoms with Gasteiger partial charge in [0.1, 0.15) is 0 Å². The minimum absolute atomic E-state index is 0.100. The summed E-state index contributed by atoms with van der Waals surface area (Å²) in [5.74, 6) is -2.70. The second-order valence-corrected chi connectivity index (χ2v) is 7.41. The molecule has 0 heterocycles. The predicted octanol–water partition coefficient (Wildman–Crippen LogP) is 4.56. The van der Waals surface area contributed by atoms with E-state index in [4.69, 9.17) is 9.47 Å². The number of carbonyl (C=O) groups is 4. The number of esters is 2. The summed E-state index contributed by atoms with van der Waals surface area (Å²) in [6.45, 7) is 1.54. The molecule has 8 nitrogen and oxygen atoms in total. The number of benzene rings is 2. The lowest BCUT2D eigenvalue weighted by Crippen LogP contribution is -2.22. The van der Waals surface area contributed by atoms with Crippen molar-refractivity contribution in [2.24, 2.45) is 0 Å². The van der Waals surface area contributed by atoms with Gasteiger partial charge in [-0.05, 0) is 42.8 Å². The molecule has 2 aromatic rings. The van der Waals surface area contributed by atoms with Crippen LogP contribution in [-0.4, -0.2) is 37.0 Å². The van der Waals surface area contributed by atoms with E-state index >= 15 is 0 Å². The fraction of sp³-hybridized carbons (Fsp3) is 0.333. The van der Waals surface area contributed by atoms with Crippen LogP contribution in [0.4, 0.5) is 24.5 Å². The first-order chi connectivity index (χ1) is 16.6. The van der Waals surface area contributed by atoms with Gasteiger partial charge in [-0.25, -0.2) is 4.79 Å². The zero-order valence-corrected chi connectivity index (χ0v) is 18.9. The number of nitrogens with one attached hydrogen (secondary N) is 2. The van der Waals surface area contributed by atoms with E-state index in [1.54, 1.807) is 18.2 Å². The molecule has 2 rings (SSSR count). The molecule has 0 aliphatic carbocycles. The van der Waals surface area contributed by atoms with Crippen molar-refractivity contribution in [1.82, 2.24) is 0 Å². The number of amides is 2. The summed E-state index contributed by atoms with van der Waals surface area (Å²) in [7, 11) is 0. The van der Waals surface area contributed by atoms with Crippen LogP contribution in [0, 0.1) is 0 Å². The Morgan fingerprint density at radius 3 is 2.20 bits per heavy atom. The van der Waals surface area contributed by atoms with Gasteiger partial charge in [-0.3, -0.25) is 14.4 Å². The average Bonchev–Trinajstić information content (AvgIpc) is 2.81. The monoisotopic (exact) mass is 494 g/mol. The van der Waals surface area contributed by atoms with Gasteiger partial charge in [0.05, 0.1) is 24.2 Å². The molecule has 0 atom stereocenters. The Balaban J connectivity index is 1.74. The Bertz CT molecular complexity index is 1060. The predicted molar refractivity (Wildman–Crippen MR) is 121 cm³/mol. The number of unbranched alkanes of at least 4 members (excludes halogenated alkanes) is 1. The third kappa shape index (κ3) is 9.86. The summed E-state index contributed by atoms with van der Waals surface area (Å²) in [4.78, 5) is 47.8. The van der Waals surface area contributed by atoms with Crippen LogP contribution in [0.3, 0.4) is 0 Å². The van der Waals surface area contributed by atoms with Gasteiger partial charge in [0.2, 0.25) is 5.91 Å². The molecule has 0 spiro atoms. The smallest absolute Gasteiger partial charge is 0.416 e. The van der Waals surface area contributed by atoms with Gasteiger partial charge in [0, 0.05) is 17.8 Å². The molecule has 2 N–H and O–H groups in total. The first-order valence-electron chi connectivity index (χ1n) is 10.8. The van der Waals surface area contributed by atoms with Crippen molar-refractivity contribution in [2.45, 2.75) is 38.8 Å². The highest BCUT2D eigenvalue weighted by Gasteiger charge is 2.30. The van der Waals surface area contributed by atoms with E-state index in [1.165, 1.54) is 12.1 Å². The molecular weight excluding hydrogens is 469 g/mol. The van der Waals surface area contributed by atoms with E-state index in [9.17, 15) is 32.3 Å². The van der Waals surface area contributed by atoms with Gasteiger partial charge in [-0.15, -0.1) is 0 Å². The fourth-order valence-corrected chi connectivity index (χ4v) is 2.74. The minimum Gasteiger partial charge on any atom is -0.462 e. The maximum absolute atomic E-state index is 12.7. The summed E-state index contributed by atoms with van der Waals surface area (Å²) in [6, 6.07) is 10.1. The van der Waals surface area contributed by atoms with Crippen LogP contribution >= 0.6 is 0 Å². The van der Waals surface area contributed by atoms with Crippen molar-refractivity contribution in [3.05, 3.63) is 59.7 Å². The fourth-order valence-electron chi connectivity index (χ4n) is 2.74. The maximum Gasteiger partial charge on any atom is 0.416 e. The van der Waals surface area contributed by atoms with E-state index in [0.717, 1.165) is 31.0 Å². The molecule has 2 amide bonds. The minimum atomic E-state index is -4.56. The van der Waals surface area contributed by atoms with E-state index in [2.05, 4.69) is 10.6 Å². The number of anilines is 2. The normalized spacial score (nSPS) is 10.9. The average molecular weight is 494 g/mol. The van der Waals surface area contributed by atoms with Crippen molar-refractivity contribution in [3.8, 4) is 0 Å². The van der Waals surface area contributed by atoms with Crippen molar-refractivity contribution in [2.75, 3.05) is 23.8 Å². The number of carbonyl (C=O) groups excluding carboxylic acids is 4. The molecule has 0 saturated carbocycles. The van der Waals surface area contributed by atoms with Crippen LogP contribution in [0.2, 0.25) is 0 Å². The second-order valence-electron chi connectivity index (χ2n) is 7.41. The Labute approximate surface area is 199 Å². The maximum atomic E-state index is 12.7. The zero-order valence-electron chi connectivity index (χ0n) is 18.9. The summed E-state index contributed by atoms with van der Waals surface area (Å²) in [5, 5.41) is 4.75. The molecule has 0 unspecified atom stereocenters. The topological polar surface area (TPSA) is 111 Å². The molecule has 188 valence electrons. The SMILES string of the molecule is CCCCOC(=O)c1cccc(NC(=O)CCC(=O)OCC(=O)Nc2cccc(C(F)(F)F)c2)c1.